The van der Waals surface area contributed by atoms with Crippen molar-refractivity contribution in [1.29, 1.82) is 0 Å². The standard InChI is InChI=1S/C16H32N2O/c1-11(2)14(12(3)4)10-18-9-7-8-15(16(18)19)17-13(5)6/h11-15,17H,7-10H2,1-6H3. The molecule has 1 atom stereocenters. The van der Waals surface area contributed by atoms with E-state index in [0.29, 0.717) is 29.7 Å². The molecule has 3 heteroatoms. The van der Waals surface area contributed by atoms with Gasteiger partial charge in [0.05, 0.1) is 6.04 Å². The Morgan fingerprint density at radius 3 is 2.21 bits per heavy atom. The van der Waals surface area contributed by atoms with Crippen LogP contribution in [0.2, 0.25) is 0 Å². The topological polar surface area (TPSA) is 32.3 Å². The molecule has 0 aromatic rings. The predicted octanol–water partition coefficient (Wildman–Crippen LogP) is 2.90. The van der Waals surface area contributed by atoms with Crippen molar-refractivity contribution in [1.82, 2.24) is 10.2 Å². The van der Waals surface area contributed by atoms with E-state index < -0.39 is 0 Å². The molecule has 3 nitrogen and oxygen atoms in total. The summed E-state index contributed by atoms with van der Waals surface area (Å²) in [7, 11) is 0. The number of amides is 1. The van der Waals surface area contributed by atoms with E-state index in [2.05, 4.69) is 51.8 Å². The van der Waals surface area contributed by atoms with Crippen LogP contribution in [0.5, 0.6) is 0 Å². The van der Waals surface area contributed by atoms with Gasteiger partial charge in [0, 0.05) is 19.1 Å². The minimum Gasteiger partial charge on any atom is -0.341 e. The first-order valence-corrected chi connectivity index (χ1v) is 7.87. The van der Waals surface area contributed by atoms with E-state index >= 15 is 0 Å². The fourth-order valence-corrected chi connectivity index (χ4v) is 3.12. The highest BCUT2D eigenvalue weighted by atomic mass is 16.2. The zero-order valence-corrected chi connectivity index (χ0v) is 13.6. The molecule has 0 aromatic heterocycles. The fourth-order valence-electron chi connectivity index (χ4n) is 3.12. The largest absolute Gasteiger partial charge is 0.341 e. The molecule has 1 fully saturated rings. The summed E-state index contributed by atoms with van der Waals surface area (Å²) in [5.41, 5.74) is 0. The highest BCUT2D eigenvalue weighted by Crippen LogP contribution is 2.24. The van der Waals surface area contributed by atoms with Gasteiger partial charge in [-0.2, -0.15) is 0 Å². The summed E-state index contributed by atoms with van der Waals surface area (Å²) in [5, 5.41) is 3.40. The average Bonchev–Trinajstić information content (AvgIpc) is 2.28. The Bertz CT molecular complexity index is 278. The van der Waals surface area contributed by atoms with Crippen LogP contribution in [0.4, 0.5) is 0 Å². The average molecular weight is 268 g/mol. The first-order valence-electron chi connectivity index (χ1n) is 7.87. The molecule has 1 saturated heterocycles. The van der Waals surface area contributed by atoms with E-state index in [0.717, 1.165) is 25.9 Å². The van der Waals surface area contributed by atoms with Crippen LogP contribution in [-0.4, -0.2) is 36.0 Å². The molecule has 1 rings (SSSR count). The number of rotatable bonds is 6. The highest BCUT2D eigenvalue weighted by Gasteiger charge is 2.31. The maximum absolute atomic E-state index is 12.5. The van der Waals surface area contributed by atoms with Crippen molar-refractivity contribution < 1.29 is 4.79 Å². The number of nitrogens with zero attached hydrogens (tertiary/aromatic N) is 1. The molecule has 0 bridgehead atoms. The van der Waals surface area contributed by atoms with Gasteiger partial charge in [-0.05, 0) is 30.6 Å². The molecule has 1 aliphatic rings. The van der Waals surface area contributed by atoms with Gasteiger partial charge in [0.25, 0.3) is 0 Å². The van der Waals surface area contributed by atoms with E-state index in [9.17, 15) is 4.79 Å². The number of hydrogen-bond donors (Lipinski definition) is 1. The summed E-state index contributed by atoms with van der Waals surface area (Å²) in [6.45, 7) is 15.1. The number of carbonyl (C=O) groups is 1. The van der Waals surface area contributed by atoms with Crippen LogP contribution in [-0.2, 0) is 4.79 Å². The molecule has 0 saturated carbocycles. The Morgan fingerprint density at radius 2 is 1.74 bits per heavy atom. The Labute approximate surface area is 119 Å². The zero-order valence-electron chi connectivity index (χ0n) is 13.6. The smallest absolute Gasteiger partial charge is 0.239 e. The summed E-state index contributed by atoms with van der Waals surface area (Å²) in [6, 6.07) is 0.411. The molecule has 1 heterocycles. The monoisotopic (exact) mass is 268 g/mol. The molecule has 0 aromatic carbocycles. The van der Waals surface area contributed by atoms with E-state index in [-0.39, 0.29) is 6.04 Å². The Kier molecular flexibility index (Phi) is 6.31. The van der Waals surface area contributed by atoms with Crippen molar-refractivity contribution >= 4 is 5.91 Å². The number of likely N-dealkylation sites (tertiary alicyclic amines) is 1. The van der Waals surface area contributed by atoms with Crippen molar-refractivity contribution in [2.75, 3.05) is 13.1 Å². The molecule has 1 unspecified atom stereocenters. The quantitative estimate of drug-likeness (QED) is 0.803. The molecular formula is C16H32N2O. The van der Waals surface area contributed by atoms with Crippen molar-refractivity contribution in [3.8, 4) is 0 Å². The van der Waals surface area contributed by atoms with Gasteiger partial charge < -0.3 is 10.2 Å². The normalized spacial score (nSPS) is 21.3. The van der Waals surface area contributed by atoms with Gasteiger partial charge in [-0.1, -0.05) is 41.5 Å². The van der Waals surface area contributed by atoms with Gasteiger partial charge in [-0.25, -0.2) is 0 Å². The summed E-state index contributed by atoms with van der Waals surface area (Å²) >= 11 is 0. The highest BCUT2D eigenvalue weighted by molar-refractivity contribution is 5.82. The minimum atomic E-state index is 0.0359. The molecule has 0 spiro atoms. The van der Waals surface area contributed by atoms with Crippen molar-refractivity contribution in [3.05, 3.63) is 0 Å². The third kappa shape index (κ3) is 4.79. The van der Waals surface area contributed by atoms with Gasteiger partial charge in [0.1, 0.15) is 0 Å². The molecule has 0 aliphatic carbocycles. The molecule has 0 radical (unpaired) electrons. The summed E-state index contributed by atoms with van der Waals surface area (Å²) < 4.78 is 0. The van der Waals surface area contributed by atoms with Gasteiger partial charge in [-0.3, -0.25) is 4.79 Å². The number of hydrogen-bond acceptors (Lipinski definition) is 2. The minimum absolute atomic E-state index is 0.0359. The van der Waals surface area contributed by atoms with Crippen LogP contribution >= 0.6 is 0 Å². The van der Waals surface area contributed by atoms with E-state index in [1.165, 1.54) is 0 Å². The van der Waals surface area contributed by atoms with Gasteiger partial charge in [0.15, 0.2) is 0 Å². The second-order valence-corrected chi connectivity index (χ2v) is 6.95. The first-order chi connectivity index (χ1) is 8.82. The van der Waals surface area contributed by atoms with E-state index in [4.69, 9.17) is 0 Å². The van der Waals surface area contributed by atoms with Crippen LogP contribution in [0, 0.1) is 17.8 Å². The van der Waals surface area contributed by atoms with Crippen LogP contribution in [0.25, 0.3) is 0 Å². The molecule has 19 heavy (non-hydrogen) atoms. The SMILES string of the molecule is CC(C)NC1CCCN(CC(C(C)C)C(C)C)C1=O. The van der Waals surface area contributed by atoms with E-state index in [1.54, 1.807) is 0 Å². The predicted molar refractivity (Wildman–Crippen MR) is 81.0 cm³/mol. The van der Waals surface area contributed by atoms with Crippen LogP contribution in [0.15, 0.2) is 0 Å². The van der Waals surface area contributed by atoms with Crippen LogP contribution < -0.4 is 5.32 Å². The maximum Gasteiger partial charge on any atom is 0.239 e. The maximum atomic E-state index is 12.5. The van der Waals surface area contributed by atoms with Crippen LogP contribution in [0.1, 0.15) is 54.4 Å². The lowest BCUT2D eigenvalue weighted by Gasteiger charge is -2.38. The Hall–Kier alpha value is -0.570. The van der Waals surface area contributed by atoms with Crippen molar-refractivity contribution in [2.45, 2.75) is 66.5 Å². The summed E-state index contributed by atoms with van der Waals surface area (Å²) in [6.07, 6.45) is 2.11. The zero-order chi connectivity index (χ0) is 14.6. The van der Waals surface area contributed by atoms with Crippen molar-refractivity contribution in [3.63, 3.8) is 0 Å². The van der Waals surface area contributed by atoms with Crippen LogP contribution in [0.3, 0.4) is 0 Å². The summed E-state index contributed by atoms with van der Waals surface area (Å²) in [5.74, 6) is 2.17. The fraction of sp³-hybridized carbons (Fsp3) is 0.938. The lowest BCUT2D eigenvalue weighted by molar-refractivity contribution is -0.137. The number of carbonyl (C=O) groups excluding carboxylic acids is 1. The number of piperidine rings is 1. The second kappa shape index (κ2) is 7.28. The molecular weight excluding hydrogens is 236 g/mol. The van der Waals surface area contributed by atoms with Gasteiger partial charge >= 0.3 is 0 Å². The first kappa shape index (κ1) is 16.5. The van der Waals surface area contributed by atoms with Gasteiger partial charge in [0.2, 0.25) is 5.91 Å². The molecule has 1 aliphatic heterocycles. The van der Waals surface area contributed by atoms with Crippen molar-refractivity contribution in [2.24, 2.45) is 17.8 Å². The third-order valence-corrected chi connectivity index (χ3v) is 4.21. The van der Waals surface area contributed by atoms with E-state index in [1.807, 2.05) is 0 Å². The second-order valence-electron chi connectivity index (χ2n) is 6.95. The lowest BCUT2D eigenvalue weighted by atomic mass is 9.84. The Balaban J connectivity index is 2.64. The molecule has 112 valence electrons. The third-order valence-electron chi connectivity index (χ3n) is 4.21. The van der Waals surface area contributed by atoms with Gasteiger partial charge in [-0.15, -0.1) is 0 Å². The molecule has 1 N–H and O–H groups in total. The number of nitrogens with one attached hydrogen (secondary N) is 1. The summed E-state index contributed by atoms with van der Waals surface area (Å²) in [4.78, 5) is 14.6. The lowest BCUT2D eigenvalue weighted by Crippen LogP contribution is -2.53. The Morgan fingerprint density at radius 1 is 1.16 bits per heavy atom. The molecule has 1 amide bonds.